The maximum atomic E-state index is 13.2. The molecule has 6 heteroatoms. The van der Waals surface area contributed by atoms with E-state index in [0.717, 1.165) is 0 Å². The van der Waals surface area contributed by atoms with Crippen molar-refractivity contribution in [1.82, 2.24) is 0 Å². The molecule has 0 spiro atoms. The number of rotatable bonds is 3. The van der Waals surface area contributed by atoms with Crippen molar-refractivity contribution in [2.45, 2.75) is 19.9 Å². The summed E-state index contributed by atoms with van der Waals surface area (Å²) in [5.74, 6) is -4.51. The molecule has 0 heterocycles. The second-order valence-corrected chi connectivity index (χ2v) is 4.01. The summed E-state index contributed by atoms with van der Waals surface area (Å²) in [4.78, 5) is 11.5. The van der Waals surface area contributed by atoms with E-state index in [2.05, 4.69) is 5.32 Å². The minimum atomic E-state index is -1.36. The molecule has 0 fully saturated rings. The maximum Gasteiger partial charge on any atom is 0.241 e. The van der Waals surface area contributed by atoms with Gasteiger partial charge < -0.3 is 11.1 Å². The number of nitrogens with one attached hydrogen (secondary N) is 1. The van der Waals surface area contributed by atoms with E-state index in [9.17, 15) is 18.0 Å². The van der Waals surface area contributed by atoms with Crippen LogP contribution in [0.1, 0.15) is 13.8 Å². The Morgan fingerprint density at radius 2 is 1.88 bits per heavy atom. The van der Waals surface area contributed by atoms with Crippen LogP contribution < -0.4 is 11.1 Å². The highest BCUT2D eigenvalue weighted by molar-refractivity contribution is 5.94. The number of carbonyl (C=O) groups excluding carboxylic acids is 1. The zero-order chi connectivity index (χ0) is 13.2. The van der Waals surface area contributed by atoms with Crippen LogP contribution >= 0.6 is 0 Å². The highest BCUT2D eigenvalue weighted by Gasteiger charge is 2.20. The third-order valence-electron chi connectivity index (χ3n) is 2.27. The van der Waals surface area contributed by atoms with E-state index in [1.165, 1.54) is 0 Å². The van der Waals surface area contributed by atoms with Gasteiger partial charge in [-0.05, 0) is 5.92 Å². The second-order valence-electron chi connectivity index (χ2n) is 4.01. The van der Waals surface area contributed by atoms with Crippen LogP contribution in [0.2, 0.25) is 0 Å². The van der Waals surface area contributed by atoms with Gasteiger partial charge in [0.1, 0.15) is 5.82 Å². The molecule has 3 N–H and O–H groups in total. The van der Waals surface area contributed by atoms with Crippen LogP contribution in [-0.4, -0.2) is 11.9 Å². The third-order valence-corrected chi connectivity index (χ3v) is 2.27. The van der Waals surface area contributed by atoms with E-state index in [-0.39, 0.29) is 5.92 Å². The number of hydrogen-bond donors (Lipinski definition) is 2. The van der Waals surface area contributed by atoms with Crippen molar-refractivity contribution in [3.63, 3.8) is 0 Å². The van der Waals surface area contributed by atoms with Gasteiger partial charge in [-0.2, -0.15) is 0 Å². The number of halogens is 3. The van der Waals surface area contributed by atoms with Gasteiger partial charge in [-0.25, -0.2) is 13.2 Å². The molecule has 0 unspecified atom stereocenters. The Kier molecular flexibility index (Phi) is 4.11. The summed E-state index contributed by atoms with van der Waals surface area (Å²) in [5, 5.41) is 2.05. The first-order valence-corrected chi connectivity index (χ1v) is 5.04. The fourth-order valence-electron chi connectivity index (χ4n) is 1.17. The predicted octanol–water partition coefficient (Wildman–Crippen LogP) is 2.03. The summed E-state index contributed by atoms with van der Waals surface area (Å²) < 4.78 is 38.9. The lowest BCUT2D eigenvalue weighted by Crippen LogP contribution is -2.40. The Labute approximate surface area is 96.8 Å². The molecule has 1 atom stereocenters. The van der Waals surface area contributed by atoms with Crippen molar-refractivity contribution in [1.29, 1.82) is 0 Å². The molecule has 0 aliphatic carbocycles. The number of nitrogens with two attached hydrogens (primary N) is 1. The number of benzene rings is 1. The lowest BCUT2D eigenvalue weighted by Gasteiger charge is -2.15. The Bertz CT molecular complexity index is 435. The average molecular weight is 246 g/mol. The van der Waals surface area contributed by atoms with E-state index in [1.54, 1.807) is 13.8 Å². The summed E-state index contributed by atoms with van der Waals surface area (Å²) in [6, 6.07) is 0.220. The van der Waals surface area contributed by atoms with Gasteiger partial charge in [0, 0.05) is 12.1 Å². The van der Waals surface area contributed by atoms with Gasteiger partial charge in [-0.15, -0.1) is 0 Å². The zero-order valence-electron chi connectivity index (χ0n) is 9.43. The first-order valence-electron chi connectivity index (χ1n) is 5.04. The summed E-state index contributed by atoms with van der Waals surface area (Å²) >= 11 is 0. The molecule has 0 radical (unpaired) electrons. The summed E-state index contributed by atoms with van der Waals surface area (Å²) in [5.41, 5.74) is 4.96. The fraction of sp³-hybridized carbons (Fsp3) is 0.364. The second kappa shape index (κ2) is 5.18. The quantitative estimate of drug-likeness (QED) is 0.802. The molecule has 1 aromatic rings. The zero-order valence-corrected chi connectivity index (χ0v) is 9.43. The van der Waals surface area contributed by atoms with E-state index < -0.39 is 35.1 Å². The van der Waals surface area contributed by atoms with E-state index in [0.29, 0.717) is 12.1 Å². The molecule has 1 amide bonds. The molecule has 94 valence electrons. The van der Waals surface area contributed by atoms with Gasteiger partial charge in [0.2, 0.25) is 5.91 Å². The van der Waals surface area contributed by atoms with Gasteiger partial charge in [0.05, 0.1) is 11.7 Å². The largest absolute Gasteiger partial charge is 0.322 e. The first-order chi connectivity index (χ1) is 7.82. The molecule has 0 bridgehead atoms. The molecular weight excluding hydrogens is 233 g/mol. The number of hydrogen-bond acceptors (Lipinski definition) is 2. The number of carbonyl (C=O) groups is 1. The molecule has 0 aromatic heterocycles. The summed E-state index contributed by atoms with van der Waals surface area (Å²) in [6.07, 6.45) is 0. The minimum absolute atomic E-state index is 0.170. The standard InChI is InChI=1S/C11H13F3N2O/c1-5(2)10(15)11(17)16-8-4-6(12)3-7(13)9(8)14/h3-5,10H,15H2,1-2H3,(H,16,17)/t10-/m1/s1. The molecule has 0 aliphatic rings. The Morgan fingerprint density at radius 1 is 1.29 bits per heavy atom. The van der Waals surface area contributed by atoms with Crippen LogP contribution in [-0.2, 0) is 4.79 Å². The lowest BCUT2D eigenvalue weighted by molar-refractivity contribution is -0.118. The Balaban J connectivity index is 2.92. The third kappa shape index (κ3) is 3.20. The van der Waals surface area contributed by atoms with Crippen LogP contribution in [0.3, 0.4) is 0 Å². The Morgan fingerprint density at radius 3 is 2.41 bits per heavy atom. The molecule has 0 saturated carbocycles. The monoisotopic (exact) mass is 246 g/mol. The molecule has 17 heavy (non-hydrogen) atoms. The van der Waals surface area contributed by atoms with Gasteiger partial charge >= 0.3 is 0 Å². The van der Waals surface area contributed by atoms with Gasteiger partial charge in [0.25, 0.3) is 0 Å². The van der Waals surface area contributed by atoms with Gasteiger partial charge in [-0.3, -0.25) is 4.79 Å². The molecule has 1 aromatic carbocycles. The first kappa shape index (κ1) is 13.5. The SMILES string of the molecule is CC(C)[C@@H](N)C(=O)Nc1cc(F)cc(F)c1F. The van der Waals surface area contributed by atoms with Crippen molar-refractivity contribution in [3.05, 3.63) is 29.6 Å². The van der Waals surface area contributed by atoms with Crippen molar-refractivity contribution in [3.8, 4) is 0 Å². The van der Waals surface area contributed by atoms with Crippen molar-refractivity contribution >= 4 is 11.6 Å². The molecular formula is C11H13F3N2O. The highest BCUT2D eigenvalue weighted by atomic mass is 19.2. The van der Waals surface area contributed by atoms with Crippen LogP contribution in [0.15, 0.2) is 12.1 Å². The number of amides is 1. The molecule has 0 aliphatic heterocycles. The van der Waals surface area contributed by atoms with Crippen molar-refractivity contribution in [2.75, 3.05) is 5.32 Å². The minimum Gasteiger partial charge on any atom is -0.322 e. The van der Waals surface area contributed by atoms with E-state index in [4.69, 9.17) is 5.73 Å². The van der Waals surface area contributed by atoms with Crippen LogP contribution in [0.25, 0.3) is 0 Å². The Hall–Kier alpha value is -1.56. The van der Waals surface area contributed by atoms with Crippen molar-refractivity contribution in [2.24, 2.45) is 11.7 Å². The van der Waals surface area contributed by atoms with Crippen molar-refractivity contribution < 1.29 is 18.0 Å². The maximum absolute atomic E-state index is 13.2. The smallest absolute Gasteiger partial charge is 0.241 e. The number of anilines is 1. The van der Waals surface area contributed by atoms with Crippen LogP contribution in [0, 0.1) is 23.4 Å². The average Bonchev–Trinajstić information content (AvgIpc) is 2.23. The predicted molar refractivity (Wildman–Crippen MR) is 57.8 cm³/mol. The normalized spacial score (nSPS) is 12.6. The van der Waals surface area contributed by atoms with Crippen LogP contribution in [0.5, 0.6) is 0 Å². The van der Waals surface area contributed by atoms with E-state index >= 15 is 0 Å². The fourth-order valence-corrected chi connectivity index (χ4v) is 1.17. The lowest BCUT2D eigenvalue weighted by atomic mass is 10.0. The van der Waals surface area contributed by atoms with Gasteiger partial charge in [0.15, 0.2) is 11.6 Å². The van der Waals surface area contributed by atoms with E-state index in [1.807, 2.05) is 0 Å². The molecule has 0 saturated heterocycles. The highest BCUT2D eigenvalue weighted by Crippen LogP contribution is 2.19. The van der Waals surface area contributed by atoms with Gasteiger partial charge in [-0.1, -0.05) is 13.8 Å². The summed E-state index contributed by atoms with van der Waals surface area (Å²) in [7, 11) is 0. The molecule has 1 rings (SSSR count). The topological polar surface area (TPSA) is 55.1 Å². The summed E-state index contributed by atoms with van der Waals surface area (Å²) in [6.45, 7) is 3.40. The molecule has 3 nitrogen and oxygen atoms in total. The van der Waals surface area contributed by atoms with Crippen LogP contribution in [0.4, 0.5) is 18.9 Å².